The van der Waals surface area contributed by atoms with E-state index >= 15 is 0 Å². The van der Waals surface area contributed by atoms with E-state index in [1.54, 1.807) is 18.2 Å². The highest BCUT2D eigenvalue weighted by Gasteiger charge is 2.26. The van der Waals surface area contributed by atoms with Gasteiger partial charge in [-0.25, -0.2) is 13.1 Å². The number of sulfonamides is 1. The van der Waals surface area contributed by atoms with E-state index in [0.29, 0.717) is 16.8 Å². The Labute approximate surface area is 134 Å². The predicted molar refractivity (Wildman–Crippen MR) is 86.1 cm³/mol. The summed E-state index contributed by atoms with van der Waals surface area (Å²) in [7, 11) is -3.52. The summed E-state index contributed by atoms with van der Waals surface area (Å²) in [6.45, 7) is 5.36. The van der Waals surface area contributed by atoms with Gasteiger partial charge in [0.25, 0.3) is 0 Å². The summed E-state index contributed by atoms with van der Waals surface area (Å²) in [6.07, 6.45) is 1.83. The van der Waals surface area contributed by atoms with Gasteiger partial charge in [-0.05, 0) is 67.4 Å². The lowest BCUT2D eigenvalue weighted by Crippen LogP contribution is -2.51. The Bertz CT molecular complexity index is 592. The van der Waals surface area contributed by atoms with Crippen LogP contribution in [0.1, 0.15) is 26.7 Å². The third kappa shape index (κ3) is 4.18. The molecule has 0 bridgehead atoms. The molecule has 0 amide bonds. The molecule has 0 aromatic heterocycles. The molecule has 7 heteroatoms. The van der Waals surface area contributed by atoms with Gasteiger partial charge in [0.15, 0.2) is 0 Å². The second-order valence-corrected chi connectivity index (χ2v) is 7.71. The molecule has 5 nitrogen and oxygen atoms in total. The molecule has 1 fully saturated rings. The van der Waals surface area contributed by atoms with E-state index in [1.165, 1.54) is 0 Å². The van der Waals surface area contributed by atoms with Crippen molar-refractivity contribution in [2.24, 2.45) is 0 Å². The Kier molecular flexibility index (Phi) is 5.65. The van der Waals surface area contributed by atoms with Crippen molar-refractivity contribution in [2.45, 2.75) is 43.7 Å². The van der Waals surface area contributed by atoms with Crippen LogP contribution in [0.4, 0.5) is 0 Å². The van der Waals surface area contributed by atoms with Crippen LogP contribution in [-0.4, -0.2) is 33.7 Å². The lowest BCUT2D eigenvalue weighted by molar-refractivity contribution is 0.337. The van der Waals surface area contributed by atoms with Crippen molar-refractivity contribution in [3.05, 3.63) is 22.7 Å². The number of rotatable bonds is 5. The minimum absolute atomic E-state index is 0.0749. The van der Waals surface area contributed by atoms with Crippen LogP contribution in [0.25, 0.3) is 0 Å². The first-order valence-corrected chi connectivity index (χ1v) is 9.39. The standard InChI is InChI=1S/C14H21BrN2O3S/c1-3-20-14-7-6-11(9-12(14)15)21(18,19)17-13-5-4-8-16-10(13)2/h6-7,9-10,13,16-17H,3-5,8H2,1-2H3. The lowest BCUT2D eigenvalue weighted by atomic mass is 10.0. The van der Waals surface area contributed by atoms with Gasteiger partial charge in [0.05, 0.1) is 16.0 Å². The van der Waals surface area contributed by atoms with Crippen molar-refractivity contribution >= 4 is 26.0 Å². The quantitative estimate of drug-likeness (QED) is 0.826. The zero-order valence-corrected chi connectivity index (χ0v) is 14.6. The fourth-order valence-corrected chi connectivity index (χ4v) is 4.42. The minimum Gasteiger partial charge on any atom is -0.493 e. The Balaban J connectivity index is 2.17. The summed E-state index contributed by atoms with van der Waals surface area (Å²) >= 11 is 3.35. The fraction of sp³-hybridized carbons (Fsp3) is 0.571. The number of hydrogen-bond donors (Lipinski definition) is 2. The molecule has 1 aliphatic heterocycles. The molecular weight excluding hydrogens is 356 g/mol. The smallest absolute Gasteiger partial charge is 0.240 e. The Morgan fingerprint density at radius 3 is 2.86 bits per heavy atom. The maximum atomic E-state index is 12.5. The maximum absolute atomic E-state index is 12.5. The Morgan fingerprint density at radius 1 is 1.48 bits per heavy atom. The predicted octanol–water partition coefficient (Wildman–Crippen LogP) is 2.27. The lowest BCUT2D eigenvalue weighted by Gasteiger charge is -2.30. The largest absolute Gasteiger partial charge is 0.493 e. The van der Waals surface area contributed by atoms with Gasteiger partial charge < -0.3 is 10.1 Å². The van der Waals surface area contributed by atoms with Crippen LogP contribution in [-0.2, 0) is 10.0 Å². The summed E-state index contributed by atoms with van der Waals surface area (Å²) < 4.78 is 33.8. The summed E-state index contributed by atoms with van der Waals surface area (Å²) in [4.78, 5) is 0.246. The van der Waals surface area contributed by atoms with Gasteiger partial charge in [0, 0.05) is 12.1 Å². The maximum Gasteiger partial charge on any atom is 0.240 e. The summed E-state index contributed by atoms with van der Waals surface area (Å²) in [5.41, 5.74) is 0. The first kappa shape index (κ1) is 16.7. The van der Waals surface area contributed by atoms with Crippen LogP contribution >= 0.6 is 15.9 Å². The van der Waals surface area contributed by atoms with Crippen molar-refractivity contribution in [3.63, 3.8) is 0 Å². The van der Waals surface area contributed by atoms with E-state index in [4.69, 9.17) is 4.74 Å². The Morgan fingerprint density at radius 2 is 2.24 bits per heavy atom. The van der Waals surface area contributed by atoms with Crippen LogP contribution in [0.5, 0.6) is 5.75 Å². The van der Waals surface area contributed by atoms with Crippen molar-refractivity contribution in [1.82, 2.24) is 10.0 Å². The van der Waals surface area contributed by atoms with E-state index in [9.17, 15) is 8.42 Å². The summed E-state index contributed by atoms with van der Waals surface area (Å²) in [6, 6.07) is 4.88. The monoisotopic (exact) mass is 376 g/mol. The van der Waals surface area contributed by atoms with Gasteiger partial charge in [0.2, 0.25) is 10.0 Å². The molecule has 2 N–H and O–H groups in total. The normalized spacial score (nSPS) is 23.0. The molecule has 0 spiro atoms. The van der Waals surface area contributed by atoms with Crippen molar-refractivity contribution < 1.29 is 13.2 Å². The highest BCUT2D eigenvalue weighted by atomic mass is 79.9. The van der Waals surface area contributed by atoms with Crippen molar-refractivity contribution in [1.29, 1.82) is 0 Å². The second-order valence-electron chi connectivity index (χ2n) is 5.14. The van der Waals surface area contributed by atoms with Crippen LogP contribution in [0.15, 0.2) is 27.6 Å². The molecule has 0 radical (unpaired) electrons. The average molecular weight is 377 g/mol. The Hall–Kier alpha value is -0.630. The SMILES string of the molecule is CCOc1ccc(S(=O)(=O)NC2CCCNC2C)cc1Br. The third-order valence-electron chi connectivity index (χ3n) is 3.58. The van der Waals surface area contributed by atoms with Gasteiger partial charge >= 0.3 is 0 Å². The molecule has 2 unspecified atom stereocenters. The first-order chi connectivity index (χ1) is 9.94. The van der Waals surface area contributed by atoms with Crippen LogP contribution in [0.2, 0.25) is 0 Å². The average Bonchev–Trinajstić information content (AvgIpc) is 2.43. The molecule has 0 saturated carbocycles. The third-order valence-corrected chi connectivity index (χ3v) is 5.69. The van der Waals surface area contributed by atoms with E-state index in [2.05, 4.69) is 26.0 Å². The summed E-state index contributed by atoms with van der Waals surface area (Å²) in [5, 5.41) is 3.29. The van der Waals surface area contributed by atoms with E-state index in [-0.39, 0.29) is 17.0 Å². The van der Waals surface area contributed by atoms with Gasteiger partial charge in [-0.1, -0.05) is 0 Å². The highest BCUT2D eigenvalue weighted by Crippen LogP contribution is 2.28. The topological polar surface area (TPSA) is 67.4 Å². The number of ether oxygens (including phenoxy) is 1. The van der Waals surface area contributed by atoms with E-state index < -0.39 is 10.0 Å². The molecular formula is C14H21BrN2O3S. The van der Waals surface area contributed by atoms with Crippen molar-refractivity contribution in [3.8, 4) is 5.75 Å². The van der Waals surface area contributed by atoms with Crippen LogP contribution in [0.3, 0.4) is 0 Å². The number of nitrogens with one attached hydrogen (secondary N) is 2. The minimum atomic E-state index is -3.52. The molecule has 2 rings (SSSR count). The van der Waals surface area contributed by atoms with E-state index in [0.717, 1.165) is 19.4 Å². The highest BCUT2D eigenvalue weighted by molar-refractivity contribution is 9.10. The number of halogens is 1. The van der Waals surface area contributed by atoms with Crippen molar-refractivity contribution in [2.75, 3.05) is 13.2 Å². The van der Waals surface area contributed by atoms with Gasteiger partial charge in [-0.3, -0.25) is 0 Å². The zero-order valence-electron chi connectivity index (χ0n) is 12.2. The molecule has 1 aliphatic rings. The van der Waals surface area contributed by atoms with Gasteiger partial charge in [-0.2, -0.15) is 0 Å². The molecule has 118 valence electrons. The second kappa shape index (κ2) is 7.09. The first-order valence-electron chi connectivity index (χ1n) is 7.12. The molecule has 21 heavy (non-hydrogen) atoms. The van der Waals surface area contributed by atoms with E-state index in [1.807, 2.05) is 13.8 Å². The fourth-order valence-electron chi connectivity index (χ4n) is 2.39. The molecule has 1 heterocycles. The number of piperidine rings is 1. The van der Waals surface area contributed by atoms with Gasteiger partial charge in [0.1, 0.15) is 5.75 Å². The molecule has 2 atom stereocenters. The zero-order chi connectivity index (χ0) is 15.5. The molecule has 1 aromatic carbocycles. The van der Waals surface area contributed by atoms with Crippen LogP contribution in [0, 0.1) is 0 Å². The molecule has 1 aromatic rings. The van der Waals surface area contributed by atoms with Gasteiger partial charge in [-0.15, -0.1) is 0 Å². The number of benzene rings is 1. The van der Waals surface area contributed by atoms with Crippen LogP contribution < -0.4 is 14.8 Å². The summed E-state index contributed by atoms with van der Waals surface area (Å²) in [5.74, 6) is 0.643. The number of hydrogen-bond acceptors (Lipinski definition) is 4. The molecule has 1 saturated heterocycles. The molecule has 0 aliphatic carbocycles.